The molecule has 0 saturated carbocycles. The van der Waals surface area contributed by atoms with Gasteiger partial charge >= 0.3 is 0 Å². The van der Waals surface area contributed by atoms with Crippen molar-refractivity contribution < 1.29 is 4.79 Å². The van der Waals surface area contributed by atoms with Crippen LogP contribution >= 0.6 is 0 Å². The molecule has 0 unspecified atom stereocenters. The van der Waals surface area contributed by atoms with E-state index in [0.717, 1.165) is 11.1 Å². The number of carbonyl (C=O) groups excluding carboxylic acids is 1. The average Bonchev–Trinajstić information content (AvgIpc) is 3.01. The molecule has 1 aromatic heterocycles. The minimum Gasteiger partial charge on any atom is -0.292 e. The van der Waals surface area contributed by atoms with Crippen molar-refractivity contribution in [3.63, 3.8) is 0 Å². The van der Waals surface area contributed by atoms with Gasteiger partial charge in [0.1, 0.15) is 19.2 Å². The van der Waals surface area contributed by atoms with E-state index in [9.17, 15) is 4.79 Å². The third kappa shape index (κ3) is 2.64. The third-order valence-corrected chi connectivity index (χ3v) is 3.09. The molecule has 0 bridgehead atoms. The van der Waals surface area contributed by atoms with Crippen LogP contribution in [0.15, 0.2) is 67.3 Å². The van der Waals surface area contributed by atoms with Gasteiger partial charge in [-0.15, -0.1) is 0 Å². The molecule has 0 amide bonds. The number of aromatic nitrogens is 3. The average molecular weight is 263 g/mol. The summed E-state index contributed by atoms with van der Waals surface area (Å²) < 4.78 is 1.52. The van der Waals surface area contributed by atoms with Gasteiger partial charge in [0.25, 0.3) is 0 Å². The zero-order chi connectivity index (χ0) is 13.8. The molecule has 98 valence electrons. The van der Waals surface area contributed by atoms with Crippen molar-refractivity contribution in [2.75, 3.05) is 0 Å². The van der Waals surface area contributed by atoms with Gasteiger partial charge < -0.3 is 0 Å². The molecule has 3 rings (SSSR count). The fourth-order valence-corrected chi connectivity index (χ4v) is 2.03. The van der Waals surface area contributed by atoms with Crippen molar-refractivity contribution in [1.29, 1.82) is 0 Å². The van der Waals surface area contributed by atoms with E-state index in [0.29, 0.717) is 5.56 Å². The van der Waals surface area contributed by atoms with Gasteiger partial charge in [-0.25, -0.2) is 9.67 Å². The molecule has 0 spiro atoms. The predicted octanol–water partition coefficient (Wildman–Crippen LogP) is 2.83. The number of carbonyl (C=O) groups is 1. The van der Waals surface area contributed by atoms with Gasteiger partial charge in [0.15, 0.2) is 5.78 Å². The Labute approximate surface area is 116 Å². The Hall–Kier alpha value is -2.75. The fraction of sp³-hybridized carbons (Fsp3) is 0.0625. The third-order valence-electron chi connectivity index (χ3n) is 3.09. The van der Waals surface area contributed by atoms with Crippen molar-refractivity contribution >= 4 is 5.78 Å². The number of nitrogens with zero attached hydrogens (tertiary/aromatic N) is 3. The van der Waals surface area contributed by atoms with Crippen LogP contribution in [0.5, 0.6) is 0 Å². The number of hydrogen-bond donors (Lipinski definition) is 0. The van der Waals surface area contributed by atoms with Gasteiger partial charge in [0.05, 0.1) is 0 Å². The second-order valence-electron chi connectivity index (χ2n) is 4.46. The summed E-state index contributed by atoms with van der Waals surface area (Å²) in [6, 6.07) is 17.7. The van der Waals surface area contributed by atoms with E-state index in [2.05, 4.69) is 10.1 Å². The minimum absolute atomic E-state index is 0.0233. The normalized spacial score (nSPS) is 10.4. The topological polar surface area (TPSA) is 47.8 Å². The number of Topliss-reactive ketones (excluding diaryl/α,β-unsaturated/α-hetero) is 1. The zero-order valence-corrected chi connectivity index (χ0v) is 10.8. The first-order valence-electron chi connectivity index (χ1n) is 6.34. The highest BCUT2D eigenvalue weighted by Gasteiger charge is 2.07. The lowest BCUT2D eigenvalue weighted by molar-refractivity contribution is 0.0967. The van der Waals surface area contributed by atoms with E-state index in [1.54, 1.807) is 0 Å². The zero-order valence-electron chi connectivity index (χ0n) is 10.8. The molecule has 0 aliphatic rings. The summed E-state index contributed by atoms with van der Waals surface area (Å²) in [4.78, 5) is 15.9. The molecule has 20 heavy (non-hydrogen) atoms. The van der Waals surface area contributed by atoms with Crippen molar-refractivity contribution in [3.05, 3.63) is 72.8 Å². The maximum Gasteiger partial charge on any atom is 0.184 e. The second-order valence-corrected chi connectivity index (χ2v) is 4.46. The van der Waals surface area contributed by atoms with E-state index in [1.165, 1.54) is 17.3 Å². The summed E-state index contributed by atoms with van der Waals surface area (Å²) in [6.07, 6.45) is 2.96. The fourth-order valence-electron chi connectivity index (χ4n) is 2.03. The van der Waals surface area contributed by atoms with Crippen molar-refractivity contribution in [1.82, 2.24) is 14.8 Å². The first-order chi connectivity index (χ1) is 9.83. The first kappa shape index (κ1) is 12.3. The number of rotatable bonds is 4. The van der Waals surface area contributed by atoms with Crippen LogP contribution in [0.4, 0.5) is 0 Å². The second kappa shape index (κ2) is 5.48. The van der Waals surface area contributed by atoms with Gasteiger partial charge in [-0.1, -0.05) is 54.6 Å². The molecule has 0 radical (unpaired) electrons. The van der Waals surface area contributed by atoms with Crippen molar-refractivity contribution in [2.45, 2.75) is 6.54 Å². The van der Waals surface area contributed by atoms with Gasteiger partial charge in [-0.3, -0.25) is 4.79 Å². The lowest BCUT2D eigenvalue weighted by Gasteiger charge is -2.04. The summed E-state index contributed by atoms with van der Waals surface area (Å²) in [5.74, 6) is 0.0233. The molecule has 0 fully saturated rings. The Balaban J connectivity index is 1.78. The van der Waals surface area contributed by atoms with Gasteiger partial charge in [-0.05, 0) is 11.1 Å². The van der Waals surface area contributed by atoms with Gasteiger partial charge in [-0.2, -0.15) is 5.10 Å². The van der Waals surface area contributed by atoms with E-state index in [1.807, 2.05) is 54.6 Å². The van der Waals surface area contributed by atoms with Crippen LogP contribution in [0.1, 0.15) is 10.4 Å². The number of hydrogen-bond acceptors (Lipinski definition) is 3. The summed E-state index contributed by atoms with van der Waals surface area (Å²) in [7, 11) is 0. The molecular formula is C16H13N3O. The predicted molar refractivity (Wildman–Crippen MR) is 76.2 cm³/mol. The summed E-state index contributed by atoms with van der Waals surface area (Å²) in [5, 5.41) is 3.93. The Bertz CT molecular complexity index is 688. The maximum absolute atomic E-state index is 12.1. The number of benzene rings is 2. The van der Waals surface area contributed by atoms with Crippen LogP contribution in [0.25, 0.3) is 11.1 Å². The molecule has 1 heterocycles. The lowest BCUT2D eigenvalue weighted by Crippen LogP contribution is -2.10. The minimum atomic E-state index is 0.0233. The lowest BCUT2D eigenvalue weighted by atomic mass is 10.0. The van der Waals surface area contributed by atoms with E-state index >= 15 is 0 Å². The van der Waals surface area contributed by atoms with E-state index < -0.39 is 0 Å². The van der Waals surface area contributed by atoms with Crippen molar-refractivity contribution in [3.8, 4) is 11.1 Å². The van der Waals surface area contributed by atoms with Crippen LogP contribution in [0, 0.1) is 0 Å². The van der Waals surface area contributed by atoms with Crippen LogP contribution in [0.2, 0.25) is 0 Å². The molecule has 0 aliphatic heterocycles. The van der Waals surface area contributed by atoms with E-state index in [4.69, 9.17) is 0 Å². The Morgan fingerprint density at radius 1 is 0.950 bits per heavy atom. The highest BCUT2D eigenvalue weighted by Crippen LogP contribution is 2.19. The SMILES string of the molecule is O=C(Cn1cncn1)c1ccc(-c2ccccc2)cc1. The summed E-state index contributed by atoms with van der Waals surface area (Å²) in [6.45, 7) is 0.213. The highest BCUT2D eigenvalue weighted by atomic mass is 16.1. The summed E-state index contributed by atoms with van der Waals surface area (Å²) >= 11 is 0. The Kier molecular flexibility index (Phi) is 3.37. The highest BCUT2D eigenvalue weighted by molar-refractivity contribution is 5.96. The molecule has 3 aromatic rings. The molecule has 2 aromatic carbocycles. The molecule has 4 nitrogen and oxygen atoms in total. The largest absolute Gasteiger partial charge is 0.292 e. The van der Waals surface area contributed by atoms with Crippen LogP contribution in [-0.2, 0) is 6.54 Å². The quantitative estimate of drug-likeness (QED) is 0.680. The molecule has 0 atom stereocenters. The van der Waals surface area contributed by atoms with Crippen LogP contribution < -0.4 is 0 Å². The molecule has 0 N–H and O–H groups in total. The molecule has 4 heteroatoms. The van der Waals surface area contributed by atoms with Crippen LogP contribution in [0.3, 0.4) is 0 Å². The van der Waals surface area contributed by atoms with Gasteiger partial charge in [0, 0.05) is 5.56 Å². The standard InChI is InChI=1S/C16H13N3O/c20-16(10-19-12-17-11-18-19)15-8-6-14(7-9-15)13-4-2-1-3-5-13/h1-9,11-12H,10H2. The Morgan fingerprint density at radius 3 is 2.30 bits per heavy atom. The molecule has 0 aliphatic carbocycles. The van der Waals surface area contributed by atoms with Crippen molar-refractivity contribution in [2.24, 2.45) is 0 Å². The smallest absolute Gasteiger partial charge is 0.184 e. The Morgan fingerprint density at radius 2 is 1.65 bits per heavy atom. The number of ketones is 1. The maximum atomic E-state index is 12.1. The molecule has 0 saturated heterocycles. The molecular weight excluding hydrogens is 250 g/mol. The van der Waals surface area contributed by atoms with Crippen LogP contribution in [-0.4, -0.2) is 20.5 Å². The monoisotopic (exact) mass is 263 g/mol. The van der Waals surface area contributed by atoms with Gasteiger partial charge in [0.2, 0.25) is 0 Å². The van der Waals surface area contributed by atoms with E-state index in [-0.39, 0.29) is 12.3 Å². The summed E-state index contributed by atoms with van der Waals surface area (Å²) in [5.41, 5.74) is 2.92. The first-order valence-corrected chi connectivity index (χ1v) is 6.34.